The van der Waals surface area contributed by atoms with Crippen molar-refractivity contribution in [1.82, 2.24) is 4.98 Å². The summed E-state index contributed by atoms with van der Waals surface area (Å²) in [7, 11) is 0. The number of hydrogen-bond donors (Lipinski definition) is 1. The van der Waals surface area contributed by atoms with Crippen molar-refractivity contribution in [2.45, 2.75) is 19.3 Å². The molecule has 20 heavy (non-hydrogen) atoms. The zero-order valence-corrected chi connectivity index (χ0v) is 11.9. The molecule has 2 unspecified atom stereocenters. The third-order valence-electron chi connectivity index (χ3n) is 3.68. The number of halogens is 1. The van der Waals surface area contributed by atoms with Gasteiger partial charge in [-0.15, -0.1) is 0 Å². The highest BCUT2D eigenvalue weighted by atomic mass is 35.5. The van der Waals surface area contributed by atoms with Gasteiger partial charge in [0.25, 0.3) is 0 Å². The smallest absolute Gasteiger partial charge is 0.229 e. The number of pyridine rings is 1. The Balaban J connectivity index is 1.69. The third kappa shape index (κ3) is 2.54. The van der Waals surface area contributed by atoms with Gasteiger partial charge in [0.1, 0.15) is 5.82 Å². The van der Waals surface area contributed by atoms with Crippen LogP contribution in [0.5, 0.6) is 0 Å². The number of hydrogen-bond acceptors (Lipinski definition) is 2. The van der Waals surface area contributed by atoms with Crippen LogP contribution in [0.1, 0.15) is 23.5 Å². The number of aryl methyl sites for hydroxylation is 1. The molecular weight excluding hydrogens is 272 g/mol. The molecule has 0 spiro atoms. The molecule has 1 fully saturated rings. The third-order valence-corrected chi connectivity index (χ3v) is 4.03. The lowest BCUT2D eigenvalue weighted by atomic mass is 10.1. The van der Waals surface area contributed by atoms with E-state index in [0.717, 1.165) is 22.6 Å². The first-order valence-corrected chi connectivity index (χ1v) is 7.01. The molecule has 2 atom stereocenters. The molecule has 0 radical (unpaired) electrons. The fraction of sp³-hybridized carbons (Fsp3) is 0.250. The number of aromatic nitrogens is 1. The summed E-state index contributed by atoms with van der Waals surface area (Å²) in [4.78, 5) is 16.4. The van der Waals surface area contributed by atoms with E-state index < -0.39 is 0 Å². The Kier molecular flexibility index (Phi) is 3.45. The molecule has 0 bridgehead atoms. The van der Waals surface area contributed by atoms with Crippen molar-refractivity contribution in [2.75, 3.05) is 5.32 Å². The number of benzene rings is 1. The number of nitrogens with one attached hydrogen (secondary N) is 1. The van der Waals surface area contributed by atoms with Crippen LogP contribution in [0.4, 0.5) is 5.82 Å². The summed E-state index contributed by atoms with van der Waals surface area (Å²) in [6, 6.07) is 11.5. The lowest BCUT2D eigenvalue weighted by Gasteiger charge is -2.07. The summed E-state index contributed by atoms with van der Waals surface area (Å²) in [5, 5.41) is 3.64. The molecule has 4 heteroatoms. The van der Waals surface area contributed by atoms with Gasteiger partial charge in [-0.2, -0.15) is 0 Å². The maximum Gasteiger partial charge on any atom is 0.229 e. The van der Waals surface area contributed by atoms with Gasteiger partial charge >= 0.3 is 0 Å². The number of amides is 1. The Labute approximate surface area is 123 Å². The average Bonchev–Trinajstić information content (AvgIpc) is 3.22. The summed E-state index contributed by atoms with van der Waals surface area (Å²) in [6.45, 7) is 1.93. The first kappa shape index (κ1) is 13.1. The molecule has 1 aliphatic rings. The van der Waals surface area contributed by atoms with Crippen molar-refractivity contribution < 1.29 is 4.79 Å². The van der Waals surface area contributed by atoms with Crippen LogP contribution < -0.4 is 5.32 Å². The van der Waals surface area contributed by atoms with Gasteiger partial charge in [-0.05, 0) is 42.5 Å². The van der Waals surface area contributed by atoms with E-state index in [9.17, 15) is 4.79 Å². The Morgan fingerprint density at radius 3 is 2.85 bits per heavy atom. The maximum atomic E-state index is 12.2. The second-order valence-corrected chi connectivity index (χ2v) is 5.54. The van der Waals surface area contributed by atoms with Crippen molar-refractivity contribution >= 4 is 23.3 Å². The van der Waals surface area contributed by atoms with E-state index in [1.54, 1.807) is 6.20 Å². The van der Waals surface area contributed by atoms with E-state index in [0.29, 0.717) is 5.82 Å². The quantitative estimate of drug-likeness (QED) is 0.933. The van der Waals surface area contributed by atoms with Gasteiger partial charge in [0, 0.05) is 17.1 Å². The molecule has 1 heterocycles. The van der Waals surface area contributed by atoms with Gasteiger partial charge < -0.3 is 5.32 Å². The van der Waals surface area contributed by atoms with E-state index in [-0.39, 0.29) is 17.7 Å². The predicted molar refractivity (Wildman–Crippen MR) is 79.9 cm³/mol. The number of carbonyl (C=O) groups excluding carboxylic acids is 1. The molecule has 3 nitrogen and oxygen atoms in total. The molecule has 1 aliphatic carbocycles. The molecule has 2 aromatic rings. The maximum absolute atomic E-state index is 12.2. The average molecular weight is 287 g/mol. The van der Waals surface area contributed by atoms with Crippen molar-refractivity contribution in [3.05, 3.63) is 58.7 Å². The highest BCUT2D eigenvalue weighted by molar-refractivity contribution is 6.31. The summed E-state index contributed by atoms with van der Waals surface area (Å²) < 4.78 is 0. The monoisotopic (exact) mass is 286 g/mol. The van der Waals surface area contributed by atoms with Gasteiger partial charge in [-0.1, -0.05) is 35.9 Å². The lowest BCUT2D eigenvalue weighted by molar-refractivity contribution is -0.117. The summed E-state index contributed by atoms with van der Waals surface area (Å²) in [6.07, 6.45) is 2.53. The molecule has 102 valence electrons. The number of rotatable bonds is 3. The van der Waals surface area contributed by atoms with E-state index in [1.165, 1.54) is 0 Å². The van der Waals surface area contributed by atoms with Crippen LogP contribution in [0.2, 0.25) is 5.02 Å². The van der Waals surface area contributed by atoms with E-state index >= 15 is 0 Å². The normalized spacial score (nSPS) is 20.5. The van der Waals surface area contributed by atoms with Gasteiger partial charge in [0.2, 0.25) is 5.91 Å². The molecule has 1 N–H and O–H groups in total. The van der Waals surface area contributed by atoms with Crippen LogP contribution >= 0.6 is 11.6 Å². The molecular formula is C16H15ClN2O. The standard InChI is InChI=1S/C16H15ClN2O/c1-10-5-4-8-18-15(10)19-16(20)13-9-12(13)11-6-2-3-7-14(11)17/h2-8,12-13H,9H2,1H3,(H,18,19,20). The largest absolute Gasteiger partial charge is 0.310 e. The zero-order valence-electron chi connectivity index (χ0n) is 11.1. The Morgan fingerprint density at radius 2 is 2.10 bits per heavy atom. The molecule has 0 aliphatic heterocycles. The SMILES string of the molecule is Cc1cccnc1NC(=O)C1CC1c1ccccc1Cl. The fourth-order valence-electron chi connectivity index (χ4n) is 2.43. The molecule has 0 saturated heterocycles. The molecule has 1 amide bonds. The van der Waals surface area contributed by atoms with Crippen molar-refractivity contribution in [3.8, 4) is 0 Å². The van der Waals surface area contributed by atoms with Crippen molar-refractivity contribution in [2.24, 2.45) is 5.92 Å². The number of nitrogens with zero attached hydrogens (tertiary/aromatic N) is 1. The minimum atomic E-state index is -0.00342. The van der Waals surface area contributed by atoms with E-state index in [4.69, 9.17) is 11.6 Å². The summed E-state index contributed by atoms with van der Waals surface area (Å²) >= 11 is 6.17. The summed E-state index contributed by atoms with van der Waals surface area (Å²) in [5.41, 5.74) is 2.03. The minimum Gasteiger partial charge on any atom is -0.310 e. The molecule has 1 saturated carbocycles. The van der Waals surface area contributed by atoms with Crippen LogP contribution in [0, 0.1) is 12.8 Å². The lowest BCUT2D eigenvalue weighted by Crippen LogP contribution is -2.16. The Morgan fingerprint density at radius 1 is 1.30 bits per heavy atom. The first-order chi connectivity index (χ1) is 9.66. The van der Waals surface area contributed by atoms with Crippen molar-refractivity contribution in [1.29, 1.82) is 0 Å². The predicted octanol–water partition coefficient (Wildman–Crippen LogP) is 3.79. The molecule has 1 aromatic carbocycles. The number of anilines is 1. The second-order valence-electron chi connectivity index (χ2n) is 5.13. The van der Waals surface area contributed by atoms with E-state index in [2.05, 4.69) is 10.3 Å². The van der Waals surface area contributed by atoms with Crippen LogP contribution in [-0.4, -0.2) is 10.9 Å². The van der Waals surface area contributed by atoms with Gasteiger partial charge in [-0.25, -0.2) is 4.98 Å². The van der Waals surface area contributed by atoms with Crippen molar-refractivity contribution in [3.63, 3.8) is 0 Å². The molecule has 1 aromatic heterocycles. The van der Waals surface area contributed by atoms with Gasteiger partial charge in [-0.3, -0.25) is 4.79 Å². The Bertz CT molecular complexity index is 656. The highest BCUT2D eigenvalue weighted by Gasteiger charge is 2.44. The topological polar surface area (TPSA) is 42.0 Å². The minimum absolute atomic E-state index is 0.00342. The second kappa shape index (κ2) is 5.25. The van der Waals surface area contributed by atoms with Gasteiger partial charge in [0.05, 0.1) is 0 Å². The molecule has 3 rings (SSSR count). The highest BCUT2D eigenvalue weighted by Crippen LogP contribution is 2.49. The van der Waals surface area contributed by atoms with Crippen LogP contribution in [0.3, 0.4) is 0 Å². The zero-order chi connectivity index (χ0) is 14.1. The van der Waals surface area contributed by atoms with Crippen LogP contribution in [-0.2, 0) is 4.79 Å². The summed E-state index contributed by atoms with van der Waals surface area (Å²) in [5.74, 6) is 0.892. The van der Waals surface area contributed by atoms with E-state index in [1.807, 2.05) is 43.3 Å². The van der Waals surface area contributed by atoms with Crippen LogP contribution in [0.25, 0.3) is 0 Å². The van der Waals surface area contributed by atoms with Crippen LogP contribution in [0.15, 0.2) is 42.6 Å². The Hall–Kier alpha value is -1.87. The number of carbonyl (C=O) groups is 1. The fourth-order valence-corrected chi connectivity index (χ4v) is 2.71. The van der Waals surface area contributed by atoms with Gasteiger partial charge in [0.15, 0.2) is 0 Å². The first-order valence-electron chi connectivity index (χ1n) is 6.63.